The lowest BCUT2D eigenvalue weighted by molar-refractivity contribution is 0.207. The van der Waals surface area contributed by atoms with Crippen LogP contribution in [0.5, 0.6) is 0 Å². The molecule has 3 heteroatoms. The Morgan fingerprint density at radius 2 is 2.31 bits per heavy atom. The number of aliphatic hydroxyl groups excluding tert-OH is 1. The molecule has 0 aliphatic heterocycles. The van der Waals surface area contributed by atoms with Crippen molar-refractivity contribution in [2.24, 2.45) is 5.92 Å². The Morgan fingerprint density at radius 3 is 2.85 bits per heavy atom. The minimum absolute atomic E-state index is 0.235. The molecule has 0 aliphatic rings. The quantitative estimate of drug-likeness (QED) is 0.639. The van der Waals surface area contributed by atoms with E-state index in [1.54, 1.807) is 0 Å². The van der Waals surface area contributed by atoms with Gasteiger partial charge in [-0.1, -0.05) is 6.92 Å². The maximum Gasteiger partial charge on any atom is 0.0471 e. The van der Waals surface area contributed by atoms with Crippen LogP contribution in [0.25, 0.3) is 0 Å². The normalized spacial score (nSPS) is 15.6. The van der Waals surface area contributed by atoms with Crippen molar-refractivity contribution in [3.63, 3.8) is 0 Å². The van der Waals surface area contributed by atoms with Crippen molar-refractivity contribution in [1.82, 2.24) is 10.3 Å². The van der Waals surface area contributed by atoms with Crippen LogP contribution in [0.3, 0.4) is 0 Å². The summed E-state index contributed by atoms with van der Waals surface area (Å²) in [5, 5.41) is 12.3. The number of aromatic amines is 1. The van der Waals surface area contributed by atoms with E-state index in [-0.39, 0.29) is 6.61 Å². The van der Waals surface area contributed by atoms with Gasteiger partial charge < -0.3 is 15.4 Å². The summed E-state index contributed by atoms with van der Waals surface area (Å²) >= 11 is 0. The third-order valence-corrected chi connectivity index (χ3v) is 2.42. The summed E-state index contributed by atoms with van der Waals surface area (Å²) in [4.78, 5) is 3.12. The van der Waals surface area contributed by atoms with E-state index in [1.807, 2.05) is 25.3 Å². The van der Waals surface area contributed by atoms with Crippen LogP contribution in [0, 0.1) is 5.92 Å². The van der Waals surface area contributed by atoms with Crippen molar-refractivity contribution < 1.29 is 5.11 Å². The highest BCUT2D eigenvalue weighted by atomic mass is 16.3. The molecule has 0 saturated carbocycles. The third-order valence-electron chi connectivity index (χ3n) is 2.42. The summed E-state index contributed by atoms with van der Waals surface area (Å²) in [6, 6.07) is 4.37. The topological polar surface area (TPSA) is 48.0 Å². The van der Waals surface area contributed by atoms with Gasteiger partial charge in [0.05, 0.1) is 0 Å². The molecular weight excluding hydrogens is 164 g/mol. The summed E-state index contributed by atoms with van der Waals surface area (Å²) in [7, 11) is 0. The second-order valence-electron chi connectivity index (χ2n) is 3.52. The number of rotatable bonds is 5. The van der Waals surface area contributed by atoms with E-state index in [2.05, 4.69) is 17.2 Å². The van der Waals surface area contributed by atoms with Crippen molar-refractivity contribution >= 4 is 0 Å². The number of nitrogens with one attached hydrogen (secondary N) is 2. The first-order valence-electron chi connectivity index (χ1n) is 4.70. The molecule has 0 aliphatic carbocycles. The summed E-state index contributed by atoms with van der Waals surface area (Å²) in [6.45, 7) is 5.19. The molecule has 2 unspecified atom stereocenters. The average Bonchev–Trinajstić information content (AvgIpc) is 2.65. The zero-order chi connectivity index (χ0) is 9.68. The van der Waals surface area contributed by atoms with E-state index in [4.69, 9.17) is 5.11 Å². The van der Waals surface area contributed by atoms with E-state index < -0.39 is 0 Å². The largest absolute Gasteiger partial charge is 0.396 e. The van der Waals surface area contributed by atoms with E-state index in [0.717, 1.165) is 6.54 Å². The number of hydrogen-bond donors (Lipinski definition) is 3. The first kappa shape index (κ1) is 10.3. The fourth-order valence-electron chi connectivity index (χ4n) is 1.11. The molecule has 1 aromatic rings. The lowest BCUT2D eigenvalue weighted by Gasteiger charge is -2.18. The molecule has 0 fully saturated rings. The van der Waals surface area contributed by atoms with Gasteiger partial charge in [-0.05, 0) is 25.0 Å². The van der Waals surface area contributed by atoms with E-state index >= 15 is 0 Å². The summed E-state index contributed by atoms with van der Waals surface area (Å²) in [6.07, 6.45) is 1.91. The predicted octanol–water partition coefficient (Wildman–Crippen LogP) is 1.12. The maximum atomic E-state index is 8.91. The summed E-state index contributed by atoms with van der Waals surface area (Å²) in [5.74, 6) is 0.301. The average molecular weight is 182 g/mol. The van der Waals surface area contributed by atoms with E-state index in [0.29, 0.717) is 12.0 Å². The van der Waals surface area contributed by atoms with Crippen LogP contribution in [-0.4, -0.2) is 22.7 Å². The van der Waals surface area contributed by atoms with Gasteiger partial charge in [0.25, 0.3) is 0 Å². The Labute approximate surface area is 79.2 Å². The third kappa shape index (κ3) is 3.20. The molecule has 0 saturated heterocycles. The monoisotopic (exact) mass is 182 g/mol. The molecule has 0 radical (unpaired) electrons. The zero-order valence-corrected chi connectivity index (χ0v) is 8.25. The zero-order valence-electron chi connectivity index (χ0n) is 8.25. The number of aliphatic hydroxyl groups is 1. The van der Waals surface area contributed by atoms with Crippen molar-refractivity contribution in [3.05, 3.63) is 24.0 Å². The Hall–Kier alpha value is -0.800. The summed E-state index contributed by atoms with van der Waals surface area (Å²) < 4.78 is 0. The number of H-pyrrole nitrogens is 1. The minimum Gasteiger partial charge on any atom is -0.396 e. The molecule has 2 atom stereocenters. The minimum atomic E-state index is 0.235. The van der Waals surface area contributed by atoms with Gasteiger partial charge in [-0.15, -0.1) is 0 Å². The molecule has 1 rings (SSSR count). The van der Waals surface area contributed by atoms with Gasteiger partial charge in [0.15, 0.2) is 0 Å². The van der Waals surface area contributed by atoms with Gasteiger partial charge in [-0.2, -0.15) is 0 Å². The molecular formula is C10H18N2O. The summed E-state index contributed by atoms with van der Waals surface area (Å²) in [5.41, 5.74) is 1.18. The SMILES string of the molecule is CC(CO)C(C)NCc1ccc[nH]1. The highest BCUT2D eigenvalue weighted by Crippen LogP contribution is 2.02. The highest BCUT2D eigenvalue weighted by molar-refractivity contribution is 5.03. The van der Waals surface area contributed by atoms with Gasteiger partial charge in [-0.25, -0.2) is 0 Å². The molecule has 3 N–H and O–H groups in total. The Bertz CT molecular complexity index is 221. The van der Waals surface area contributed by atoms with Gasteiger partial charge >= 0.3 is 0 Å². The van der Waals surface area contributed by atoms with Crippen LogP contribution in [-0.2, 0) is 6.54 Å². The second-order valence-corrected chi connectivity index (χ2v) is 3.52. The molecule has 13 heavy (non-hydrogen) atoms. The lowest BCUT2D eigenvalue weighted by atomic mass is 10.1. The van der Waals surface area contributed by atoms with Crippen LogP contribution in [0.2, 0.25) is 0 Å². The molecule has 0 spiro atoms. The van der Waals surface area contributed by atoms with Crippen LogP contribution >= 0.6 is 0 Å². The smallest absolute Gasteiger partial charge is 0.0471 e. The molecule has 3 nitrogen and oxygen atoms in total. The van der Waals surface area contributed by atoms with Gasteiger partial charge in [0.2, 0.25) is 0 Å². The van der Waals surface area contributed by atoms with Gasteiger partial charge in [-0.3, -0.25) is 0 Å². The van der Waals surface area contributed by atoms with Crippen LogP contribution < -0.4 is 5.32 Å². The predicted molar refractivity (Wildman–Crippen MR) is 53.3 cm³/mol. The van der Waals surface area contributed by atoms with Crippen molar-refractivity contribution in [2.45, 2.75) is 26.4 Å². The molecule has 0 aromatic carbocycles. The lowest BCUT2D eigenvalue weighted by Crippen LogP contribution is -2.33. The molecule has 1 aromatic heterocycles. The fraction of sp³-hybridized carbons (Fsp3) is 0.600. The standard InChI is InChI=1S/C10H18N2O/c1-8(7-13)9(2)12-6-10-4-3-5-11-10/h3-5,8-9,11-13H,6-7H2,1-2H3. The molecule has 0 bridgehead atoms. The molecule has 1 heterocycles. The van der Waals surface area contributed by atoms with Crippen LogP contribution in [0.1, 0.15) is 19.5 Å². The van der Waals surface area contributed by atoms with E-state index in [9.17, 15) is 0 Å². The second kappa shape index (κ2) is 5.04. The van der Waals surface area contributed by atoms with Crippen molar-refractivity contribution in [3.8, 4) is 0 Å². The Balaban J connectivity index is 2.26. The molecule has 74 valence electrons. The van der Waals surface area contributed by atoms with Gasteiger partial charge in [0, 0.05) is 31.1 Å². The van der Waals surface area contributed by atoms with E-state index in [1.165, 1.54) is 5.69 Å². The fourth-order valence-corrected chi connectivity index (χ4v) is 1.11. The maximum absolute atomic E-state index is 8.91. The van der Waals surface area contributed by atoms with Crippen LogP contribution in [0.15, 0.2) is 18.3 Å². The van der Waals surface area contributed by atoms with Gasteiger partial charge in [0.1, 0.15) is 0 Å². The highest BCUT2D eigenvalue weighted by Gasteiger charge is 2.09. The molecule has 0 amide bonds. The van der Waals surface area contributed by atoms with Crippen LogP contribution in [0.4, 0.5) is 0 Å². The van der Waals surface area contributed by atoms with Crippen molar-refractivity contribution in [1.29, 1.82) is 0 Å². The number of aromatic nitrogens is 1. The van der Waals surface area contributed by atoms with Crippen molar-refractivity contribution in [2.75, 3.05) is 6.61 Å². The first-order chi connectivity index (χ1) is 6.24. The number of hydrogen-bond acceptors (Lipinski definition) is 2. The Kier molecular flexibility index (Phi) is 3.99. The first-order valence-corrected chi connectivity index (χ1v) is 4.70. The Morgan fingerprint density at radius 1 is 1.54 bits per heavy atom.